The zero-order valence-electron chi connectivity index (χ0n) is 15.0. The third-order valence-corrected chi connectivity index (χ3v) is 4.28. The third-order valence-electron chi connectivity index (χ3n) is 4.28. The van der Waals surface area contributed by atoms with Crippen molar-refractivity contribution in [3.8, 4) is 0 Å². The van der Waals surface area contributed by atoms with Gasteiger partial charge in [0.2, 0.25) is 0 Å². The van der Waals surface area contributed by atoms with Crippen LogP contribution in [0.4, 0.5) is 11.4 Å². The standard InChI is InChI=1S/C19H26N4O.2BrH/c1-2-8-20-18-4-10-22(11-5-18)14-16-24-17-15-23-12-6-19(7-13-23)21-9-3-1;;/h4-7,10-13H,1-3,8-9,14-17H2;2*1H. The van der Waals surface area contributed by atoms with Crippen LogP contribution in [0, 0.1) is 0 Å². The SMILES string of the molecule is [Br-].[Br-].c1c[n+]2ccc1NCCCCCNc1cc[n+](cc1)CCOCC2. The second-order valence-corrected chi connectivity index (χ2v) is 6.18. The predicted molar refractivity (Wildman–Crippen MR) is 94.9 cm³/mol. The molecule has 0 atom stereocenters. The number of hydrogen-bond donors (Lipinski definition) is 2. The summed E-state index contributed by atoms with van der Waals surface area (Å²) < 4.78 is 10.1. The molecule has 0 saturated heterocycles. The quantitative estimate of drug-likeness (QED) is 0.372. The highest BCUT2D eigenvalue weighted by molar-refractivity contribution is 5.40. The van der Waals surface area contributed by atoms with Crippen molar-refractivity contribution in [2.75, 3.05) is 36.9 Å². The van der Waals surface area contributed by atoms with Crippen molar-refractivity contribution in [2.45, 2.75) is 32.4 Å². The molecule has 0 saturated carbocycles. The second kappa shape index (κ2) is 13.1. The number of rotatable bonds is 0. The summed E-state index contributed by atoms with van der Waals surface area (Å²) in [5.74, 6) is 0. The number of halogens is 2. The Morgan fingerprint density at radius 2 is 1.08 bits per heavy atom. The molecule has 2 aromatic heterocycles. The van der Waals surface area contributed by atoms with Crippen molar-refractivity contribution in [1.29, 1.82) is 0 Å². The molecule has 4 aliphatic heterocycles. The van der Waals surface area contributed by atoms with E-state index in [1.54, 1.807) is 0 Å². The summed E-state index contributed by atoms with van der Waals surface area (Å²) >= 11 is 0. The number of ether oxygens (including phenoxy) is 1. The van der Waals surface area contributed by atoms with Gasteiger partial charge in [0.05, 0.1) is 0 Å². The van der Waals surface area contributed by atoms with Gasteiger partial charge in [0, 0.05) is 48.7 Å². The summed E-state index contributed by atoms with van der Waals surface area (Å²) in [6.45, 7) is 5.29. The van der Waals surface area contributed by atoms with Crippen molar-refractivity contribution < 1.29 is 47.8 Å². The lowest BCUT2D eigenvalue weighted by molar-refractivity contribution is -0.705. The fraction of sp³-hybridized carbons (Fsp3) is 0.474. The molecule has 0 unspecified atom stereocenters. The van der Waals surface area contributed by atoms with Crippen LogP contribution < -0.4 is 53.7 Å². The van der Waals surface area contributed by atoms with E-state index in [-0.39, 0.29) is 34.0 Å². The molecule has 5 nitrogen and oxygen atoms in total. The minimum absolute atomic E-state index is 0. The first-order valence-corrected chi connectivity index (χ1v) is 8.94. The van der Waals surface area contributed by atoms with Gasteiger partial charge in [0.25, 0.3) is 0 Å². The van der Waals surface area contributed by atoms with E-state index in [9.17, 15) is 0 Å². The van der Waals surface area contributed by atoms with Crippen molar-refractivity contribution in [3.63, 3.8) is 0 Å². The molecule has 0 fully saturated rings. The first kappa shape index (κ1) is 22.9. The van der Waals surface area contributed by atoms with Crippen molar-refractivity contribution >= 4 is 11.4 Å². The van der Waals surface area contributed by atoms with E-state index >= 15 is 0 Å². The molecule has 0 amide bonds. The molecular weight excluding hydrogens is 460 g/mol. The zero-order chi connectivity index (χ0) is 16.5. The number of nitrogens with one attached hydrogen (secondary N) is 2. The minimum Gasteiger partial charge on any atom is -1.00 e. The highest BCUT2D eigenvalue weighted by Crippen LogP contribution is 2.06. The summed E-state index contributed by atoms with van der Waals surface area (Å²) in [6, 6.07) is 8.54. The monoisotopic (exact) mass is 486 g/mol. The van der Waals surface area contributed by atoms with Gasteiger partial charge in [-0.1, -0.05) is 0 Å². The van der Waals surface area contributed by atoms with Gasteiger partial charge in [-0.15, -0.1) is 0 Å². The number of hydrogen-bond acceptors (Lipinski definition) is 3. The van der Waals surface area contributed by atoms with E-state index in [2.05, 4.69) is 68.8 Å². The van der Waals surface area contributed by atoms with E-state index in [1.165, 1.54) is 30.6 Å². The molecule has 2 N–H and O–H groups in total. The van der Waals surface area contributed by atoms with Crippen LogP contribution in [0.5, 0.6) is 0 Å². The molecule has 0 radical (unpaired) electrons. The van der Waals surface area contributed by atoms with E-state index in [0.717, 1.165) is 39.4 Å². The molecule has 26 heavy (non-hydrogen) atoms. The molecule has 7 heteroatoms. The Balaban J connectivity index is 0.00000169. The Hall–Kier alpha value is -1.18. The Morgan fingerprint density at radius 3 is 1.50 bits per heavy atom. The fourth-order valence-electron chi connectivity index (χ4n) is 2.78. The largest absolute Gasteiger partial charge is 1.00 e. The molecule has 6 heterocycles. The summed E-state index contributed by atoms with van der Waals surface area (Å²) in [5, 5.41) is 6.98. The Morgan fingerprint density at radius 1 is 0.654 bits per heavy atom. The van der Waals surface area contributed by atoms with Gasteiger partial charge in [-0.3, -0.25) is 0 Å². The average molecular weight is 488 g/mol. The van der Waals surface area contributed by atoms with Gasteiger partial charge in [-0.25, -0.2) is 9.13 Å². The van der Waals surface area contributed by atoms with E-state index in [4.69, 9.17) is 4.74 Å². The second-order valence-electron chi connectivity index (χ2n) is 6.18. The Kier molecular flexibility index (Phi) is 11.5. The topological polar surface area (TPSA) is 41.0 Å². The summed E-state index contributed by atoms with van der Waals surface area (Å²) in [7, 11) is 0. The maximum absolute atomic E-state index is 5.75. The number of aromatic nitrogens is 2. The highest BCUT2D eigenvalue weighted by Gasteiger charge is 2.04. The Labute approximate surface area is 177 Å². The van der Waals surface area contributed by atoms with Crippen molar-refractivity contribution in [3.05, 3.63) is 49.1 Å². The van der Waals surface area contributed by atoms with E-state index in [0.29, 0.717) is 0 Å². The molecule has 4 aliphatic rings. The average Bonchev–Trinajstić information content (AvgIpc) is 2.62. The van der Waals surface area contributed by atoms with Crippen LogP contribution in [0.25, 0.3) is 0 Å². The minimum atomic E-state index is 0. The van der Waals surface area contributed by atoms with Crippen LogP contribution in [0.1, 0.15) is 19.3 Å². The van der Waals surface area contributed by atoms with Crippen LogP contribution in [0.3, 0.4) is 0 Å². The Bertz CT molecular complexity index is 554. The van der Waals surface area contributed by atoms with Crippen LogP contribution in [0.15, 0.2) is 49.1 Å². The van der Waals surface area contributed by atoms with Gasteiger partial charge in [-0.05, 0) is 19.3 Å². The first-order valence-electron chi connectivity index (χ1n) is 8.94. The van der Waals surface area contributed by atoms with E-state index in [1.807, 2.05) is 0 Å². The molecule has 0 aliphatic carbocycles. The molecule has 4 bridgehead atoms. The number of anilines is 2. The van der Waals surface area contributed by atoms with Gasteiger partial charge in [0.1, 0.15) is 13.2 Å². The summed E-state index contributed by atoms with van der Waals surface area (Å²) in [5.41, 5.74) is 2.38. The maximum Gasteiger partial charge on any atom is 0.171 e. The summed E-state index contributed by atoms with van der Waals surface area (Å²) in [6.07, 6.45) is 12.1. The van der Waals surface area contributed by atoms with Crippen molar-refractivity contribution in [2.24, 2.45) is 0 Å². The lowest BCUT2D eigenvalue weighted by Crippen LogP contribution is -3.00. The highest BCUT2D eigenvalue weighted by atomic mass is 79.9. The number of nitrogens with zero attached hydrogens (tertiary/aromatic N) is 2. The molecule has 2 aromatic rings. The smallest absolute Gasteiger partial charge is 0.171 e. The molecule has 0 spiro atoms. The number of pyridine rings is 2. The van der Waals surface area contributed by atoms with Crippen molar-refractivity contribution in [1.82, 2.24) is 0 Å². The van der Waals surface area contributed by atoms with Crippen LogP contribution in [0.2, 0.25) is 0 Å². The first-order chi connectivity index (χ1) is 11.9. The molecular formula is C19H28Br2N4O. The molecule has 144 valence electrons. The van der Waals surface area contributed by atoms with Gasteiger partial charge in [-0.2, -0.15) is 0 Å². The molecule has 0 aromatic carbocycles. The maximum atomic E-state index is 5.75. The van der Waals surface area contributed by atoms with Gasteiger partial charge < -0.3 is 49.3 Å². The normalized spacial score (nSPS) is 15.7. The predicted octanol–water partition coefficient (Wildman–Crippen LogP) is -4.01. The third kappa shape index (κ3) is 8.01. The van der Waals surface area contributed by atoms with Crippen LogP contribution >= 0.6 is 0 Å². The van der Waals surface area contributed by atoms with Crippen LogP contribution in [-0.4, -0.2) is 26.3 Å². The van der Waals surface area contributed by atoms with E-state index < -0.39 is 0 Å². The lowest BCUT2D eigenvalue weighted by atomic mass is 10.2. The van der Waals surface area contributed by atoms with Crippen LogP contribution in [-0.2, 0) is 17.8 Å². The fourth-order valence-corrected chi connectivity index (χ4v) is 2.78. The lowest BCUT2D eigenvalue weighted by Gasteiger charge is -2.08. The van der Waals surface area contributed by atoms with Gasteiger partial charge in [0.15, 0.2) is 37.9 Å². The summed E-state index contributed by atoms with van der Waals surface area (Å²) in [4.78, 5) is 0. The zero-order valence-corrected chi connectivity index (χ0v) is 18.2. The molecule has 6 rings (SSSR count). The van der Waals surface area contributed by atoms with Gasteiger partial charge >= 0.3 is 0 Å².